The molecule has 1 saturated carbocycles. The molecule has 3 aromatic rings. The van der Waals surface area contributed by atoms with E-state index in [1.54, 1.807) is 18.0 Å². The van der Waals surface area contributed by atoms with Gasteiger partial charge in [0.2, 0.25) is 5.89 Å². The van der Waals surface area contributed by atoms with E-state index in [4.69, 9.17) is 4.42 Å². The second kappa shape index (κ2) is 7.11. The fourth-order valence-corrected chi connectivity index (χ4v) is 3.87. The Morgan fingerprint density at radius 3 is 2.88 bits per heavy atom. The molecule has 0 spiro atoms. The van der Waals surface area contributed by atoms with Crippen LogP contribution in [0.25, 0.3) is 11.5 Å². The summed E-state index contributed by atoms with van der Waals surface area (Å²) in [4.78, 5) is 4.65. The Morgan fingerprint density at radius 2 is 2.15 bits per heavy atom. The SMILES string of the molecule is C=CCn1c(SCc2coc(-c3ccc(C)cc3C)n2)nnc1C1CC1. The van der Waals surface area contributed by atoms with Crippen LogP contribution in [0, 0.1) is 13.8 Å². The first-order valence-corrected chi connectivity index (χ1v) is 9.83. The van der Waals surface area contributed by atoms with Crippen LogP contribution in [0.5, 0.6) is 0 Å². The molecule has 0 amide bonds. The summed E-state index contributed by atoms with van der Waals surface area (Å²) in [5.74, 6) is 3.03. The van der Waals surface area contributed by atoms with Crippen molar-refractivity contribution in [1.82, 2.24) is 19.7 Å². The van der Waals surface area contributed by atoms with Crippen LogP contribution in [-0.2, 0) is 12.3 Å². The normalized spacial score (nSPS) is 13.9. The molecule has 2 aromatic heterocycles. The van der Waals surface area contributed by atoms with Crippen molar-refractivity contribution >= 4 is 11.8 Å². The molecule has 0 bridgehead atoms. The van der Waals surface area contributed by atoms with E-state index in [9.17, 15) is 0 Å². The zero-order valence-electron chi connectivity index (χ0n) is 15.1. The molecule has 2 heterocycles. The third kappa shape index (κ3) is 3.46. The van der Waals surface area contributed by atoms with Crippen molar-refractivity contribution in [2.75, 3.05) is 0 Å². The Kier molecular flexibility index (Phi) is 4.68. The summed E-state index contributed by atoms with van der Waals surface area (Å²) in [6, 6.07) is 6.29. The number of rotatable bonds is 7. The van der Waals surface area contributed by atoms with E-state index in [-0.39, 0.29) is 0 Å². The molecule has 1 fully saturated rings. The van der Waals surface area contributed by atoms with E-state index >= 15 is 0 Å². The van der Waals surface area contributed by atoms with Crippen molar-refractivity contribution in [3.05, 3.63) is 59.8 Å². The first-order chi connectivity index (χ1) is 12.7. The predicted molar refractivity (Wildman–Crippen MR) is 103 cm³/mol. The standard InChI is InChI=1S/C20H22N4OS/c1-4-9-24-18(15-6-7-15)22-23-20(24)26-12-16-11-25-19(21-16)17-8-5-13(2)10-14(17)3/h4-5,8,10-11,15H,1,6-7,9,12H2,2-3H3. The smallest absolute Gasteiger partial charge is 0.226 e. The summed E-state index contributed by atoms with van der Waals surface area (Å²) in [6.07, 6.45) is 6.05. The minimum atomic E-state index is 0.569. The molecular formula is C20H22N4OS. The average molecular weight is 366 g/mol. The summed E-state index contributed by atoms with van der Waals surface area (Å²) in [6.45, 7) is 8.77. The van der Waals surface area contributed by atoms with E-state index in [1.165, 1.54) is 24.0 Å². The number of allylic oxidation sites excluding steroid dienone is 1. The Balaban J connectivity index is 1.49. The first-order valence-electron chi connectivity index (χ1n) is 8.84. The Hall–Kier alpha value is -2.34. The number of aromatic nitrogens is 4. The fourth-order valence-electron chi connectivity index (χ4n) is 3.04. The molecule has 26 heavy (non-hydrogen) atoms. The molecule has 6 heteroatoms. The molecule has 0 saturated heterocycles. The number of hydrogen-bond donors (Lipinski definition) is 0. The summed E-state index contributed by atoms with van der Waals surface area (Å²) < 4.78 is 7.87. The van der Waals surface area contributed by atoms with Crippen molar-refractivity contribution in [2.24, 2.45) is 0 Å². The fraction of sp³-hybridized carbons (Fsp3) is 0.350. The summed E-state index contributed by atoms with van der Waals surface area (Å²) >= 11 is 1.64. The number of oxazole rings is 1. The van der Waals surface area contributed by atoms with Crippen LogP contribution in [0.4, 0.5) is 0 Å². The van der Waals surface area contributed by atoms with Crippen LogP contribution in [0.15, 0.2) is 46.7 Å². The maximum atomic E-state index is 5.71. The highest BCUT2D eigenvalue weighted by atomic mass is 32.2. The first kappa shape index (κ1) is 17.1. The maximum Gasteiger partial charge on any atom is 0.226 e. The van der Waals surface area contributed by atoms with Crippen LogP contribution < -0.4 is 0 Å². The van der Waals surface area contributed by atoms with Gasteiger partial charge in [-0.1, -0.05) is 35.5 Å². The number of nitrogens with zero attached hydrogens (tertiary/aromatic N) is 4. The Bertz CT molecular complexity index is 939. The quantitative estimate of drug-likeness (QED) is 0.439. The minimum Gasteiger partial charge on any atom is -0.444 e. The number of hydrogen-bond acceptors (Lipinski definition) is 5. The van der Waals surface area contributed by atoms with Gasteiger partial charge in [0.25, 0.3) is 0 Å². The topological polar surface area (TPSA) is 56.7 Å². The second-order valence-electron chi connectivity index (χ2n) is 6.77. The summed E-state index contributed by atoms with van der Waals surface area (Å²) in [5, 5.41) is 9.67. The predicted octanol–water partition coefficient (Wildman–Crippen LogP) is 4.91. The highest BCUT2D eigenvalue weighted by molar-refractivity contribution is 7.98. The van der Waals surface area contributed by atoms with Crippen molar-refractivity contribution < 1.29 is 4.42 Å². The van der Waals surface area contributed by atoms with Crippen molar-refractivity contribution in [2.45, 2.75) is 50.1 Å². The highest BCUT2D eigenvalue weighted by Gasteiger charge is 2.30. The van der Waals surface area contributed by atoms with E-state index < -0.39 is 0 Å². The van der Waals surface area contributed by atoms with Gasteiger partial charge in [-0.3, -0.25) is 0 Å². The molecular weight excluding hydrogens is 344 g/mol. The highest BCUT2D eigenvalue weighted by Crippen LogP contribution is 2.40. The zero-order valence-corrected chi connectivity index (χ0v) is 15.9. The molecule has 1 aliphatic carbocycles. The van der Waals surface area contributed by atoms with Gasteiger partial charge in [-0.25, -0.2) is 4.98 Å². The molecule has 1 aromatic carbocycles. The Labute approximate surface area is 157 Å². The molecule has 4 rings (SSSR count). The summed E-state index contributed by atoms with van der Waals surface area (Å²) in [7, 11) is 0. The molecule has 0 N–H and O–H groups in total. The molecule has 1 aliphatic rings. The van der Waals surface area contributed by atoms with Crippen LogP contribution >= 0.6 is 11.8 Å². The van der Waals surface area contributed by atoms with Crippen molar-refractivity contribution in [3.63, 3.8) is 0 Å². The molecule has 0 atom stereocenters. The lowest BCUT2D eigenvalue weighted by Gasteiger charge is -2.05. The van der Waals surface area contributed by atoms with E-state index in [1.807, 2.05) is 6.08 Å². The average Bonchev–Trinajstić information content (AvgIpc) is 3.22. The van der Waals surface area contributed by atoms with E-state index in [0.29, 0.717) is 17.6 Å². The Morgan fingerprint density at radius 1 is 1.31 bits per heavy atom. The zero-order chi connectivity index (χ0) is 18.1. The summed E-state index contributed by atoms with van der Waals surface area (Å²) in [5.41, 5.74) is 4.36. The molecule has 5 nitrogen and oxygen atoms in total. The van der Waals surface area contributed by atoms with Gasteiger partial charge in [-0.2, -0.15) is 0 Å². The van der Waals surface area contributed by atoms with Gasteiger partial charge in [0, 0.05) is 23.8 Å². The van der Waals surface area contributed by atoms with E-state index in [0.717, 1.165) is 28.8 Å². The van der Waals surface area contributed by atoms with Gasteiger partial charge < -0.3 is 8.98 Å². The third-order valence-electron chi connectivity index (χ3n) is 4.51. The molecule has 134 valence electrons. The van der Waals surface area contributed by atoms with Gasteiger partial charge in [0.1, 0.15) is 12.1 Å². The molecule has 0 unspecified atom stereocenters. The minimum absolute atomic E-state index is 0.569. The van der Waals surface area contributed by atoms with Gasteiger partial charge in [-0.15, -0.1) is 16.8 Å². The van der Waals surface area contributed by atoms with Crippen LogP contribution in [0.1, 0.15) is 41.4 Å². The molecule has 0 radical (unpaired) electrons. The number of thioether (sulfide) groups is 1. The van der Waals surface area contributed by atoms with Crippen LogP contribution in [0.2, 0.25) is 0 Å². The lowest BCUT2D eigenvalue weighted by Crippen LogP contribution is -2.02. The van der Waals surface area contributed by atoms with Crippen molar-refractivity contribution in [3.8, 4) is 11.5 Å². The van der Waals surface area contributed by atoms with Crippen LogP contribution in [0.3, 0.4) is 0 Å². The maximum absolute atomic E-state index is 5.71. The second-order valence-corrected chi connectivity index (χ2v) is 7.71. The largest absolute Gasteiger partial charge is 0.444 e. The van der Waals surface area contributed by atoms with E-state index in [2.05, 4.69) is 58.4 Å². The third-order valence-corrected chi connectivity index (χ3v) is 5.51. The number of aryl methyl sites for hydroxylation is 2. The lowest BCUT2D eigenvalue weighted by molar-refractivity contribution is 0.573. The van der Waals surface area contributed by atoms with Gasteiger partial charge in [0.15, 0.2) is 5.16 Å². The monoisotopic (exact) mass is 366 g/mol. The van der Waals surface area contributed by atoms with Crippen molar-refractivity contribution in [1.29, 1.82) is 0 Å². The lowest BCUT2D eigenvalue weighted by atomic mass is 10.1. The molecule has 0 aliphatic heterocycles. The van der Waals surface area contributed by atoms with Gasteiger partial charge >= 0.3 is 0 Å². The number of benzene rings is 1. The van der Waals surface area contributed by atoms with Gasteiger partial charge in [-0.05, 0) is 38.3 Å². The van der Waals surface area contributed by atoms with Gasteiger partial charge in [0.05, 0.1) is 5.69 Å². The van der Waals surface area contributed by atoms with Crippen LogP contribution in [-0.4, -0.2) is 19.7 Å².